The molecular formula is C11H15NS. The summed E-state index contributed by atoms with van der Waals surface area (Å²) in [7, 11) is 0. The Bertz CT molecular complexity index is 320. The minimum absolute atomic E-state index is 0.185. The molecule has 1 nitrogen and oxygen atoms in total. The van der Waals surface area contributed by atoms with Gasteiger partial charge >= 0.3 is 0 Å². The zero-order chi connectivity index (χ0) is 9.47. The summed E-state index contributed by atoms with van der Waals surface area (Å²) in [5.41, 5.74) is 7.74. The van der Waals surface area contributed by atoms with Crippen molar-refractivity contribution in [3.63, 3.8) is 0 Å². The van der Waals surface area contributed by atoms with Gasteiger partial charge in [-0.15, -0.1) is 11.8 Å². The predicted octanol–water partition coefficient (Wildman–Crippen LogP) is 2.82. The second kappa shape index (κ2) is 3.03. The highest BCUT2D eigenvalue weighted by Gasteiger charge is 2.33. The van der Waals surface area contributed by atoms with Gasteiger partial charge in [0.2, 0.25) is 0 Å². The van der Waals surface area contributed by atoms with Gasteiger partial charge in [-0.2, -0.15) is 0 Å². The fourth-order valence-corrected chi connectivity index (χ4v) is 2.89. The van der Waals surface area contributed by atoms with Crippen LogP contribution in [0.5, 0.6) is 0 Å². The molecule has 1 unspecified atom stereocenters. The van der Waals surface area contributed by atoms with E-state index in [0.29, 0.717) is 0 Å². The third kappa shape index (κ3) is 1.49. The average Bonchev–Trinajstić information content (AvgIpc) is 2.13. The molecule has 0 aliphatic carbocycles. The summed E-state index contributed by atoms with van der Waals surface area (Å²) in [5.74, 6) is 1.12. The zero-order valence-electron chi connectivity index (χ0n) is 8.08. The van der Waals surface area contributed by atoms with Gasteiger partial charge in [-0.1, -0.05) is 32.0 Å². The van der Waals surface area contributed by atoms with E-state index in [1.54, 1.807) is 0 Å². The topological polar surface area (TPSA) is 26.0 Å². The van der Waals surface area contributed by atoms with Crippen LogP contribution in [0.3, 0.4) is 0 Å². The third-order valence-electron chi connectivity index (χ3n) is 2.70. The second-order valence-corrected chi connectivity index (χ2v) is 5.31. The Morgan fingerprint density at radius 2 is 2.08 bits per heavy atom. The van der Waals surface area contributed by atoms with Crippen molar-refractivity contribution in [1.29, 1.82) is 0 Å². The molecule has 2 N–H and O–H groups in total. The molecule has 13 heavy (non-hydrogen) atoms. The Morgan fingerprint density at radius 3 is 2.85 bits per heavy atom. The van der Waals surface area contributed by atoms with Gasteiger partial charge in [0, 0.05) is 16.7 Å². The number of benzene rings is 1. The number of nitrogens with two attached hydrogens (primary N) is 1. The van der Waals surface area contributed by atoms with E-state index < -0.39 is 0 Å². The summed E-state index contributed by atoms with van der Waals surface area (Å²) in [4.78, 5) is 1.36. The van der Waals surface area contributed by atoms with Crippen LogP contribution in [0.25, 0.3) is 0 Å². The molecule has 1 aromatic rings. The number of hydrogen-bond donors (Lipinski definition) is 1. The van der Waals surface area contributed by atoms with Gasteiger partial charge in [-0.3, -0.25) is 0 Å². The Kier molecular flexibility index (Phi) is 2.12. The van der Waals surface area contributed by atoms with E-state index in [-0.39, 0.29) is 11.5 Å². The van der Waals surface area contributed by atoms with E-state index in [4.69, 9.17) is 5.73 Å². The van der Waals surface area contributed by atoms with Gasteiger partial charge in [-0.25, -0.2) is 0 Å². The van der Waals surface area contributed by atoms with Gasteiger partial charge in [0.1, 0.15) is 0 Å². The predicted molar refractivity (Wildman–Crippen MR) is 57.9 cm³/mol. The molecule has 1 aromatic carbocycles. The summed E-state index contributed by atoms with van der Waals surface area (Å²) in [5, 5.41) is 0. The molecule has 0 amide bonds. The standard InChI is InChI=1S/C11H15NS/c1-11(2)7-13-9-6-4-3-5-8(9)10(11)12/h3-6,10H,7,12H2,1-2H3. The molecule has 0 fully saturated rings. The van der Waals surface area contributed by atoms with Crippen LogP contribution >= 0.6 is 11.8 Å². The normalized spacial score (nSPS) is 25.3. The molecule has 1 aliphatic heterocycles. The molecule has 1 aliphatic rings. The first-order chi connectivity index (χ1) is 6.11. The van der Waals surface area contributed by atoms with Gasteiger partial charge in [0.05, 0.1) is 0 Å². The van der Waals surface area contributed by atoms with Crippen molar-refractivity contribution in [3.05, 3.63) is 29.8 Å². The molecule has 2 heteroatoms. The number of hydrogen-bond acceptors (Lipinski definition) is 2. The first-order valence-electron chi connectivity index (χ1n) is 4.58. The fraction of sp³-hybridized carbons (Fsp3) is 0.455. The lowest BCUT2D eigenvalue weighted by atomic mass is 9.82. The SMILES string of the molecule is CC1(C)CSc2ccccc2C1N. The smallest absolute Gasteiger partial charge is 0.0366 e. The van der Waals surface area contributed by atoms with Gasteiger partial charge in [0.25, 0.3) is 0 Å². The van der Waals surface area contributed by atoms with Crippen molar-refractivity contribution in [2.24, 2.45) is 11.1 Å². The quantitative estimate of drug-likeness (QED) is 0.685. The van der Waals surface area contributed by atoms with Crippen molar-refractivity contribution in [2.45, 2.75) is 24.8 Å². The Hall–Kier alpha value is -0.470. The highest BCUT2D eigenvalue weighted by Crippen LogP contribution is 2.44. The average molecular weight is 193 g/mol. The van der Waals surface area contributed by atoms with E-state index in [0.717, 1.165) is 5.75 Å². The first-order valence-corrected chi connectivity index (χ1v) is 5.57. The summed E-state index contributed by atoms with van der Waals surface area (Å²) in [6.07, 6.45) is 0. The highest BCUT2D eigenvalue weighted by molar-refractivity contribution is 7.99. The minimum atomic E-state index is 0.185. The summed E-state index contributed by atoms with van der Waals surface area (Å²) < 4.78 is 0. The number of fused-ring (bicyclic) bond motifs is 1. The van der Waals surface area contributed by atoms with Gasteiger partial charge in [-0.05, 0) is 17.0 Å². The molecular weight excluding hydrogens is 178 g/mol. The maximum absolute atomic E-state index is 6.21. The molecule has 2 rings (SSSR count). The third-order valence-corrected chi connectivity index (χ3v) is 4.27. The monoisotopic (exact) mass is 193 g/mol. The summed E-state index contributed by atoms with van der Waals surface area (Å²) >= 11 is 1.92. The molecule has 1 atom stereocenters. The summed E-state index contributed by atoms with van der Waals surface area (Å²) in [6, 6.07) is 8.64. The molecule has 1 heterocycles. The molecule has 0 bridgehead atoms. The Balaban J connectivity index is 2.45. The lowest BCUT2D eigenvalue weighted by molar-refractivity contribution is 0.326. The minimum Gasteiger partial charge on any atom is -0.323 e. The van der Waals surface area contributed by atoms with Crippen LogP contribution in [0.4, 0.5) is 0 Å². The van der Waals surface area contributed by atoms with Crippen LogP contribution in [0.15, 0.2) is 29.2 Å². The van der Waals surface area contributed by atoms with Crippen LogP contribution in [0.1, 0.15) is 25.5 Å². The lowest BCUT2D eigenvalue weighted by Gasteiger charge is -2.37. The second-order valence-electron chi connectivity index (χ2n) is 4.29. The molecule has 0 aromatic heterocycles. The van der Waals surface area contributed by atoms with Gasteiger partial charge in [0.15, 0.2) is 0 Å². The van der Waals surface area contributed by atoms with Crippen molar-refractivity contribution in [2.75, 3.05) is 5.75 Å². The molecule has 0 saturated heterocycles. The largest absolute Gasteiger partial charge is 0.323 e. The van der Waals surface area contributed by atoms with E-state index in [1.165, 1.54) is 10.5 Å². The van der Waals surface area contributed by atoms with Crippen molar-refractivity contribution < 1.29 is 0 Å². The van der Waals surface area contributed by atoms with Crippen LogP contribution in [0.2, 0.25) is 0 Å². The van der Waals surface area contributed by atoms with Crippen molar-refractivity contribution >= 4 is 11.8 Å². The molecule has 0 radical (unpaired) electrons. The van der Waals surface area contributed by atoms with E-state index in [2.05, 4.69) is 38.1 Å². The maximum atomic E-state index is 6.21. The van der Waals surface area contributed by atoms with E-state index in [1.807, 2.05) is 11.8 Å². The van der Waals surface area contributed by atoms with Crippen molar-refractivity contribution in [3.8, 4) is 0 Å². The number of rotatable bonds is 0. The Morgan fingerprint density at radius 1 is 1.38 bits per heavy atom. The Labute approximate surface area is 83.7 Å². The fourth-order valence-electron chi connectivity index (χ4n) is 1.64. The van der Waals surface area contributed by atoms with Crippen LogP contribution in [-0.4, -0.2) is 5.75 Å². The van der Waals surface area contributed by atoms with E-state index >= 15 is 0 Å². The molecule has 0 saturated carbocycles. The zero-order valence-corrected chi connectivity index (χ0v) is 8.90. The van der Waals surface area contributed by atoms with E-state index in [9.17, 15) is 0 Å². The number of thioether (sulfide) groups is 1. The lowest BCUT2D eigenvalue weighted by Crippen LogP contribution is -2.34. The van der Waals surface area contributed by atoms with Crippen molar-refractivity contribution in [1.82, 2.24) is 0 Å². The summed E-state index contributed by atoms with van der Waals surface area (Å²) in [6.45, 7) is 4.47. The molecule has 0 spiro atoms. The van der Waals surface area contributed by atoms with Crippen LogP contribution in [0, 0.1) is 5.41 Å². The van der Waals surface area contributed by atoms with Crippen LogP contribution < -0.4 is 5.73 Å². The maximum Gasteiger partial charge on any atom is 0.0366 e. The molecule has 70 valence electrons. The highest BCUT2D eigenvalue weighted by atomic mass is 32.2. The van der Waals surface area contributed by atoms with Gasteiger partial charge < -0.3 is 5.73 Å². The van der Waals surface area contributed by atoms with Crippen LogP contribution in [-0.2, 0) is 0 Å². The first kappa shape index (κ1) is 9.10.